The molecule has 0 aliphatic heterocycles. The molecule has 1 aliphatic rings. The average Bonchev–Trinajstić information content (AvgIpc) is 2.53. The first-order valence-corrected chi connectivity index (χ1v) is 7.39. The van der Waals surface area contributed by atoms with Crippen LogP contribution in [0, 0.1) is 22.5 Å². The maximum atomic E-state index is 10.8. The summed E-state index contributed by atoms with van der Waals surface area (Å²) in [6.45, 7) is 6.61. The van der Waals surface area contributed by atoms with Crippen LogP contribution in [0.5, 0.6) is 0 Å². The van der Waals surface area contributed by atoms with Crippen molar-refractivity contribution in [1.29, 1.82) is 0 Å². The first kappa shape index (κ1) is 14.8. The first-order chi connectivity index (χ1) is 9.37. The number of anilines is 1. The van der Waals surface area contributed by atoms with Crippen LogP contribution in [0.3, 0.4) is 0 Å². The zero-order valence-corrected chi connectivity index (χ0v) is 12.6. The van der Waals surface area contributed by atoms with E-state index in [4.69, 9.17) is 0 Å². The number of nitrogens with one attached hydrogen (secondary N) is 1. The lowest BCUT2D eigenvalue weighted by Crippen LogP contribution is -2.19. The number of benzene rings is 1. The maximum absolute atomic E-state index is 10.8. The quantitative estimate of drug-likeness (QED) is 0.495. The molecule has 0 aromatic heterocycles. The van der Waals surface area contributed by atoms with Crippen molar-refractivity contribution in [3.63, 3.8) is 0 Å². The zero-order chi connectivity index (χ0) is 14.8. The summed E-state index contributed by atoms with van der Waals surface area (Å²) in [5.74, 6) is 0. The molecule has 1 saturated carbocycles. The van der Waals surface area contributed by atoms with Crippen molar-refractivity contribution in [2.45, 2.75) is 58.9 Å². The summed E-state index contributed by atoms with van der Waals surface area (Å²) in [4.78, 5) is 10.4. The number of non-ortho nitro benzene ring substituents is 1. The number of nitro benzene ring substituents is 1. The van der Waals surface area contributed by atoms with Crippen LogP contribution in [0.1, 0.15) is 51.5 Å². The lowest BCUT2D eigenvalue weighted by Gasteiger charge is -2.22. The Hall–Kier alpha value is -1.58. The maximum Gasteiger partial charge on any atom is 0.269 e. The van der Waals surface area contributed by atoms with Crippen molar-refractivity contribution in [2.75, 3.05) is 5.32 Å². The van der Waals surface area contributed by atoms with Gasteiger partial charge in [-0.3, -0.25) is 10.1 Å². The Morgan fingerprint density at radius 1 is 1.30 bits per heavy atom. The number of aryl methyl sites for hydroxylation is 1. The molecule has 1 aromatic rings. The molecule has 1 fully saturated rings. The third kappa shape index (κ3) is 3.71. The Balaban J connectivity index is 2.05. The van der Waals surface area contributed by atoms with E-state index >= 15 is 0 Å². The third-order valence-corrected chi connectivity index (χ3v) is 4.36. The molecule has 20 heavy (non-hydrogen) atoms. The van der Waals surface area contributed by atoms with Gasteiger partial charge < -0.3 is 5.32 Å². The standard InChI is InChI=1S/C16H24N2O2/c1-12-11-14(18(19)20)6-7-15(12)17-13-5-4-9-16(2,3)10-8-13/h6-7,11,13,17H,4-5,8-10H2,1-3H3. The Bertz CT molecular complexity index is 497. The predicted octanol–water partition coefficient (Wildman–Crippen LogP) is 4.67. The Morgan fingerprint density at radius 3 is 2.70 bits per heavy atom. The second-order valence-corrected chi connectivity index (χ2v) is 6.69. The van der Waals surface area contributed by atoms with E-state index in [-0.39, 0.29) is 10.6 Å². The number of rotatable bonds is 3. The second kappa shape index (κ2) is 5.81. The van der Waals surface area contributed by atoms with Crippen LogP contribution in [0.4, 0.5) is 11.4 Å². The van der Waals surface area contributed by atoms with Gasteiger partial charge in [-0.05, 0) is 49.7 Å². The van der Waals surface area contributed by atoms with E-state index in [9.17, 15) is 10.1 Å². The van der Waals surface area contributed by atoms with Crippen molar-refractivity contribution < 1.29 is 4.92 Å². The van der Waals surface area contributed by atoms with Gasteiger partial charge in [0, 0.05) is 23.9 Å². The number of hydrogen-bond acceptors (Lipinski definition) is 3. The molecule has 1 aliphatic carbocycles. The van der Waals surface area contributed by atoms with Gasteiger partial charge in [0.05, 0.1) is 4.92 Å². The van der Waals surface area contributed by atoms with Crippen molar-refractivity contribution in [3.8, 4) is 0 Å². The molecule has 0 spiro atoms. The van der Waals surface area contributed by atoms with Gasteiger partial charge in [-0.1, -0.05) is 20.3 Å². The normalized spacial score (nSPS) is 22.1. The van der Waals surface area contributed by atoms with Crippen LogP contribution in [0.2, 0.25) is 0 Å². The van der Waals surface area contributed by atoms with Crippen LogP contribution in [-0.4, -0.2) is 11.0 Å². The summed E-state index contributed by atoms with van der Waals surface area (Å²) in [7, 11) is 0. The van der Waals surface area contributed by atoms with Crippen LogP contribution < -0.4 is 5.32 Å². The molecule has 1 atom stereocenters. The molecule has 4 nitrogen and oxygen atoms in total. The van der Waals surface area contributed by atoms with E-state index < -0.39 is 0 Å². The van der Waals surface area contributed by atoms with Gasteiger partial charge in [0.2, 0.25) is 0 Å². The van der Waals surface area contributed by atoms with Gasteiger partial charge in [-0.2, -0.15) is 0 Å². The summed E-state index contributed by atoms with van der Waals surface area (Å²) < 4.78 is 0. The van der Waals surface area contributed by atoms with Gasteiger partial charge >= 0.3 is 0 Å². The van der Waals surface area contributed by atoms with Crippen molar-refractivity contribution in [3.05, 3.63) is 33.9 Å². The zero-order valence-electron chi connectivity index (χ0n) is 12.6. The molecular weight excluding hydrogens is 252 g/mol. The molecule has 0 radical (unpaired) electrons. The summed E-state index contributed by atoms with van der Waals surface area (Å²) >= 11 is 0. The van der Waals surface area contributed by atoms with Gasteiger partial charge in [-0.15, -0.1) is 0 Å². The highest BCUT2D eigenvalue weighted by molar-refractivity contribution is 5.55. The molecule has 1 N–H and O–H groups in total. The topological polar surface area (TPSA) is 55.2 Å². The van der Waals surface area contributed by atoms with E-state index in [1.165, 1.54) is 32.1 Å². The van der Waals surface area contributed by atoms with E-state index in [2.05, 4.69) is 19.2 Å². The average molecular weight is 276 g/mol. The number of nitro groups is 1. The van der Waals surface area contributed by atoms with E-state index in [1.807, 2.05) is 13.0 Å². The molecule has 110 valence electrons. The van der Waals surface area contributed by atoms with Crippen LogP contribution in [-0.2, 0) is 0 Å². The molecule has 1 aromatic carbocycles. The first-order valence-electron chi connectivity index (χ1n) is 7.39. The molecule has 4 heteroatoms. The Kier molecular flexibility index (Phi) is 4.31. The largest absolute Gasteiger partial charge is 0.382 e. The van der Waals surface area contributed by atoms with Gasteiger partial charge in [-0.25, -0.2) is 0 Å². The fourth-order valence-electron chi connectivity index (χ4n) is 2.95. The van der Waals surface area contributed by atoms with E-state index in [0.717, 1.165) is 11.3 Å². The summed E-state index contributed by atoms with van der Waals surface area (Å²) in [5.41, 5.74) is 2.58. The molecule has 2 rings (SSSR count). The highest BCUT2D eigenvalue weighted by atomic mass is 16.6. The van der Waals surface area contributed by atoms with Gasteiger partial charge in [0.15, 0.2) is 0 Å². The lowest BCUT2D eigenvalue weighted by atomic mass is 9.85. The van der Waals surface area contributed by atoms with Crippen molar-refractivity contribution >= 4 is 11.4 Å². The highest BCUT2D eigenvalue weighted by Gasteiger charge is 2.24. The number of nitrogens with zero attached hydrogens (tertiary/aromatic N) is 1. The second-order valence-electron chi connectivity index (χ2n) is 6.69. The van der Waals surface area contributed by atoms with Crippen LogP contribution >= 0.6 is 0 Å². The Morgan fingerprint density at radius 2 is 2.05 bits per heavy atom. The minimum atomic E-state index is -0.342. The minimum absolute atomic E-state index is 0.162. The van der Waals surface area contributed by atoms with Crippen molar-refractivity contribution in [2.24, 2.45) is 5.41 Å². The third-order valence-electron chi connectivity index (χ3n) is 4.36. The molecule has 0 bridgehead atoms. The molecule has 0 amide bonds. The van der Waals surface area contributed by atoms with E-state index in [1.54, 1.807) is 12.1 Å². The van der Waals surface area contributed by atoms with Crippen LogP contribution in [0.25, 0.3) is 0 Å². The predicted molar refractivity (Wildman–Crippen MR) is 82.1 cm³/mol. The highest BCUT2D eigenvalue weighted by Crippen LogP contribution is 2.35. The number of hydrogen-bond donors (Lipinski definition) is 1. The smallest absolute Gasteiger partial charge is 0.269 e. The molecule has 1 unspecified atom stereocenters. The Labute approximate surface area is 120 Å². The summed E-state index contributed by atoms with van der Waals surface area (Å²) in [6.07, 6.45) is 6.11. The van der Waals surface area contributed by atoms with Gasteiger partial charge in [0.25, 0.3) is 5.69 Å². The minimum Gasteiger partial charge on any atom is -0.382 e. The molecule has 0 heterocycles. The SMILES string of the molecule is Cc1cc([N+](=O)[O-])ccc1NC1CCCC(C)(C)CC1. The summed E-state index contributed by atoms with van der Waals surface area (Å²) in [6, 6.07) is 5.54. The lowest BCUT2D eigenvalue weighted by molar-refractivity contribution is -0.384. The van der Waals surface area contributed by atoms with Crippen LogP contribution in [0.15, 0.2) is 18.2 Å². The molecule has 0 saturated heterocycles. The van der Waals surface area contributed by atoms with E-state index in [0.29, 0.717) is 11.5 Å². The monoisotopic (exact) mass is 276 g/mol. The fraction of sp³-hybridized carbons (Fsp3) is 0.625. The van der Waals surface area contributed by atoms with Crippen molar-refractivity contribution in [1.82, 2.24) is 0 Å². The fourth-order valence-corrected chi connectivity index (χ4v) is 2.95. The molecular formula is C16H24N2O2. The summed E-state index contributed by atoms with van der Waals surface area (Å²) in [5, 5.41) is 14.3. The van der Waals surface area contributed by atoms with Gasteiger partial charge in [0.1, 0.15) is 0 Å².